The number of likely N-dealkylation sites (tertiary alicyclic amines) is 1. The van der Waals surface area contributed by atoms with Gasteiger partial charge in [-0.3, -0.25) is 0 Å². The zero-order chi connectivity index (χ0) is 30.6. The van der Waals surface area contributed by atoms with Crippen molar-refractivity contribution in [2.45, 2.75) is 50.8 Å². The minimum Gasteiger partial charge on any atom is -0.490 e. The molecule has 11 heteroatoms. The number of methoxy groups -OCH3 is 2. The van der Waals surface area contributed by atoms with Gasteiger partial charge in [0.05, 0.1) is 76.7 Å². The van der Waals surface area contributed by atoms with Gasteiger partial charge in [-0.05, 0) is 42.2 Å². The molecule has 1 amide bonds. The van der Waals surface area contributed by atoms with Crippen LogP contribution >= 0.6 is 0 Å². The van der Waals surface area contributed by atoms with E-state index >= 15 is 0 Å². The van der Waals surface area contributed by atoms with Crippen LogP contribution in [0.5, 0.6) is 5.75 Å². The molecule has 2 aromatic carbocycles. The second-order valence-corrected chi connectivity index (χ2v) is 11.1. The molecule has 2 N–H and O–H groups in total. The molecule has 2 heterocycles. The van der Waals surface area contributed by atoms with Crippen LogP contribution in [0.15, 0.2) is 42.5 Å². The van der Waals surface area contributed by atoms with Gasteiger partial charge in [-0.15, -0.1) is 0 Å². The van der Waals surface area contributed by atoms with Crippen molar-refractivity contribution in [1.82, 2.24) is 4.90 Å². The van der Waals surface area contributed by atoms with Crippen LogP contribution in [0.2, 0.25) is 0 Å². The first kappa shape index (κ1) is 33.0. The lowest BCUT2D eigenvalue weighted by atomic mass is 9.84. The van der Waals surface area contributed by atoms with E-state index in [4.69, 9.17) is 28.4 Å². The minimum atomic E-state index is -1.03. The molecular weight excluding hydrogens is 556 g/mol. The Kier molecular flexibility index (Phi) is 12.9. The van der Waals surface area contributed by atoms with E-state index in [1.165, 1.54) is 4.90 Å². The quantitative estimate of drug-likeness (QED) is 0.276. The Morgan fingerprint density at radius 1 is 0.977 bits per heavy atom. The maximum Gasteiger partial charge on any atom is 0.407 e. The number of ether oxygens (including phenoxy) is 6. The summed E-state index contributed by atoms with van der Waals surface area (Å²) in [4.78, 5) is 15.8. The lowest BCUT2D eigenvalue weighted by Gasteiger charge is -2.43. The third kappa shape index (κ3) is 9.53. The summed E-state index contributed by atoms with van der Waals surface area (Å²) >= 11 is 0. The molecule has 0 saturated carbocycles. The number of amides is 1. The van der Waals surface area contributed by atoms with Gasteiger partial charge in [0, 0.05) is 33.3 Å². The predicted octanol–water partition coefficient (Wildman–Crippen LogP) is 3.51. The largest absolute Gasteiger partial charge is 0.490 e. The topological polar surface area (TPSA) is 119 Å². The van der Waals surface area contributed by atoms with Crippen LogP contribution in [0.3, 0.4) is 0 Å². The van der Waals surface area contributed by atoms with Gasteiger partial charge in [-0.25, -0.2) is 4.79 Å². The first-order chi connectivity index (χ1) is 20.9. The molecule has 0 unspecified atom stereocenters. The molecule has 0 radical (unpaired) electrons. The van der Waals surface area contributed by atoms with Gasteiger partial charge < -0.3 is 48.4 Å². The van der Waals surface area contributed by atoms with E-state index < -0.39 is 24.4 Å². The Morgan fingerprint density at radius 2 is 1.70 bits per heavy atom. The van der Waals surface area contributed by atoms with E-state index in [1.807, 2.05) is 36.4 Å². The summed E-state index contributed by atoms with van der Waals surface area (Å²) in [6.07, 6.45) is -1.77. The van der Waals surface area contributed by atoms with Crippen molar-refractivity contribution in [1.29, 1.82) is 0 Å². The summed E-state index contributed by atoms with van der Waals surface area (Å²) in [5.74, 6) is 0.599. The molecule has 0 spiro atoms. The van der Waals surface area contributed by atoms with Gasteiger partial charge in [0.25, 0.3) is 0 Å². The molecular formula is C32H46N2O9. The number of carboxylic acid groups (broad SMARTS) is 1. The highest BCUT2D eigenvalue weighted by molar-refractivity contribution is 5.65. The summed E-state index contributed by atoms with van der Waals surface area (Å²) in [6, 6.07) is 14.1. The monoisotopic (exact) mass is 602 g/mol. The van der Waals surface area contributed by atoms with E-state index in [0.29, 0.717) is 39.6 Å². The molecule has 43 heavy (non-hydrogen) atoms. The molecule has 238 valence electrons. The van der Waals surface area contributed by atoms with Crippen LogP contribution in [-0.2, 0) is 36.9 Å². The molecule has 2 aliphatic rings. The SMILES string of the molecule is COCCCN1CCOc2ccc(CO[C@H]3CN(C(=O)O)C[C@@H](OC[C@@H](C)O)[C@@H]3c3ccc(COCCOC)cc3)cc21. The first-order valence-corrected chi connectivity index (χ1v) is 14.9. The van der Waals surface area contributed by atoms with Crippen molar-refractivity contribution >= 4 is 11.8 Å². The minimum absolute atomic E-state index is 0.0937. The van der Waals surface area contributed by atoms with Crippen molar-refractivity contribution in [3.8, 4) is 5.75 Å². The average molecular weight is 603 g/mol. The normalized spacial score (nSPS) is 20.9. The number of anilines is 1. The van der Waals surface area contributed by atoms with Gasteiger partial charge in [-0.2, -0.15) is 0 Å². The van der Waals surface area contributed by atoms with Gasteiger partial charge >= 0.3 is 6.09 Å². The number of aliphatic hydroxyl groups is 1. The Labute approximate surface area is 254 Å². The molecule has 4 rings (SSSR count). The number of rotatable bonds is 16. The highest BCUT2D eigenvalue weighted by Gasteiger charge is 2.41. The fourth-order valence-corrected chi connectivity index (χ4v) is 5.55. The molecule has 11 nitrogen and oxygen atoms in total. The number of nitrogens with zero attached hydrogens (tertiary/aromatic N) is 2. The number of carbonyl (C=O) groups is 1. The van der Waals surface area contributed by atoms with Crippen molar-refractivity contribution in [3.63, 3.8) is 0 Å². The number of aliphatic hydroxyl groups excluding tert-OH is 1. The summed E-state index contributed by atoms with van der Waals surface area (Å²) in [7, 11) is 3.35. The number of piperidine rings is 1. The maximum atomic E-state index is 12.1. The lowest BCUT2D eigenvalue weighted by Crippen LogP contribution is -2.54. The Hall–Kier alpha value is -2.93. The van der Waals surface area contributed by atoms with E-state index in [-0.39, 0.29) is 25.6 Å². The predicted molar refractivity (Wildman–Crippen MR) is 161 cm³/mol. The summed E-state index contributed by atoms with van der Waals surface area (Å²) < 4.78 is 34.5. The van der Waals surface area contributed by atoms with E-state index in [2.05, 4.69) is 11.0 Å². The summed E-state index contributed by atoms with van der Waals surface area (Å²) in [6.45, 7) is 6.92. The maximum absolute atomic E-state index is 12.1. The van der Waals surface area contributed by atoms with E-state index in [1.54, 1.807) is 21.1 Å². The zero-order valence-corrected chi connectivity index (χ0v) is 25.5. The molecule has 0 aromatic heterocycles. The smallest absolute Gasteiger partial charge is 0.407 e. The number of hydrogen-bond donors (Lipinski definition) is 2. The highest BCUT2D eigenvalue weighted by atomic mass is 16.5. The van der Waals surface area contributed by atoms with Gasteiger partial charge in [-0.1, -0.05) is 30.3 Å². The fraction of sp³-hybridized carbons (Fsp3) is 0.594. The molecule has 4 atom stereocenters. The van der Waals surface area contributed by atoms with Crippen molar-refractivity contribution in [3.05, 3.63) is 59.2 Å². The zero-order valence-electron chi connectivity index (χ0n) is 25.5. The van der Waals surface area contributed by atoms with Crippen LogP contribution in [0.4, 0.5) is 10.5 Å². The van der Waals surface area contributed by atoms with E-state index in [0.717, 1.165) is 47.6 Å². The van der Waals surface area contributed by atoms with Crippen LogP contribution in [0, 0.1) is 0 Å². The second-order valence-electron chi connectivity index (χ2n) is 11.1. The van der Waals surface area contributed by atoms with Crippen molar-refractivity contribution < 1.29 is 43.4 Å². The van der Waals surface area contributed by atoms with Gasteiger partial charge in [0.2, 0.25) is 0 Å². The first-order valence-electron chi connectivity index (χ1n) is 14.9. The van der Waals surface area contributed by atoms with Crippen LogP contribution in [0.1, 0.15) is 36.0 Å². The molecule has 2 aliphatic heterocycles. The molecule has 2 aromatic rings. The third-order valence-corrected chi connectivity index (χ3v) is 7.71. The molecule has 0 aliphatic carbocycles. The fourth-order valence-electron chi connectivity index (χ4n) is 5.55. The molecule has 1 fully saturated rings. The van der Waals surface area contributed by atoms with Crippen LogP contribution < -0.4 is 9.64 Å². The average Bonchev–Trinajstić information content (AvgIpc) is 3.01. The number of hydrogen-bond acceptors (Lipinski definition) is 9. The highest BCUT2D eigenvalue weighted by Crippen LogP contribution is 2.36. The van der Waals surface area contributed by atoms with Crippen molar-refractivity contribution in [2.24, 2.45) is 0 Å². The summed E-state index contributed by atoms with van der Waals surface area (Å²) in [5.41, 5.74) is 4.00. The number of fused-ring (bicyclic) bond motifs is 1. The van der Waals surface area contributed by atoms with Gasteiger partial charge in [0.15, 0.2) is 0 Å². The van der Waals surface area contributed by atoms with Crippen molar-refractivity contribution in [2.75, 3.05) is 78.3 Å². The van der Waals surface area contributed by atoms with E-state index in [9.17, 15) is 15.0 Å². The Morgan fingerprint density at radius 3 is 2.40 bits per heavy atom. The Balaban J connectivity index is 1.53. The molecule has 1 saturated heterocycles. The lowest BCUT2D eigenvalue weighted by molar-refractivity contribution is -0.101. The standard InChI is InChI=1S/C32H46N2O9/c1-23(35)20-42-29-18-34(32(36)37)19-30(31(29)26-8-5-24(6-9-26)21-40-16-15-39-3)43-22-25-7-10-28-27(17-25)33(12-14-41-28)11-4-13-38-2/h5-10,17,23,29-31,35H,4,11-16,18-22H2,1-3H3,(H,36,37)/t23-,29-,30+,31+/m1/s1. The Bertz CT molecular complexity index is 1130. The van der Waals surface area contributed by atoms with Crippen LogP contribution in [-0.4, -0.2) is 113 Å². The van der Waals surface area contributed by atoms with Gasteiger partial charge in [0.1, 0.15) is 12.4 Å². The third-order valence-electron chi connectivity index (χ3n) is 7.71. The van der Waals surface area contributed by atoms with Crippen LogP contribution in [0.25, 0.3) is 0 Å². The second kappa shape index (κ2) is 16.8. The summed E-state index contributed by atoms with van der Waals surface area (Å²) in [5, 5.41) is 19.9. The molecule has 0 bridgehead atoms. The number of benzene rings is 2.